The van der Waals surface area contributed by atoms with Gasteiger partial charge in [-0.05, 0) is 57.6 Å². The molecule has 1 saturated heterocycles. The number of ether oxygens (including phenoxy) is 1. The Hall–Kier alpha value is -0.870. The lowest BCUT2D eigenvalue weighted by Crippen LogP contribution is -2.31. The maximum absolute atomic E-state index is 5.74. The molecule has 2 atom stereocenters. The number of aryl methyl sites for hydroxylation is 2. The van der Waals surface area contributed by atoms with Gasteiger partial charge in [-0.25, -0.2) is 0 Å². The second-order valence-corrected chi connectivity index (χ2v) is 5.85. The van der Waals surface area contributed by atoms with E-state index in [1.165, 1.54) is 44.2 Å². The van der Waals surface area contributed by atoms with Crippen LogP contribution in [0.3, 0.4) is 0 Å². The molecular weight excluding hydrogens is 250 g/mol. The molecule has 1 aliphatic heterocycles. The van der Waals surface area contributed by atoms with Crippen molar-refractivity contribution in [2.24, 2.45) is 7.05 Å². The van der Waals surface area contributed by atoms with Crippen LogP contribution >= 0.6 is 0 Å². The Kier molecular flexibility index (Phi) is 6.54. The van der Waals surface area contributed by atoms with E-state index >= 15 is 0 Å². The van der Waals surface area contributed by atoms with E-state index in [2.05, 4.69) is 23.4 Å². The zero-order chi connectivity index (χ0) is 14.2. The first kappa shape index (κ1) is 15.5. The van der Waals surface area contributed by atoms with E-state index in [1.807, 2.05) is 17.9 Å². The van der Waals surface area contributed by atoms with Gasteiger partial charge in [-0.3, -0.25) is 4.68 Å². The summed E-state index contributed by atoms with van der Waals surface area (Å²) in [5.74, 6) is 0. The van der Waals surface area contributed by atoms with Crippen LogP contribution in [0.15, 0.2) is 12.3 Å². The van der Waals surface area contributed by atoms with E-state index in [0.717, 1.165) is 19.6 Å². The summed E-state index contributed by atoms with van der Waals surface area (Å²) in [4.78, 5) is 0. The largest absolute Gasteiger partial charge is 0.378 e. The number of rotatable bonds is 9. The van der Waals surface area contributed by atoms with Crippen molar-refractivity contribution in [3.63, 3.8) is 0 Å². The summed E-state index contributed by atoms with van der Waals surface area (Å²) in [5.41, 5.74) is 1.32. The summed E-state index contributed by atoms with van der Waals surface area (Å²) in [7, 11) is 2.02. The normalized spacial score (nSPS) is 20.4. The highest BCUT2D eigenvalue weighted by molar-refractivity contribution is 5.00. The van der Waals surface area contributed by atoms with Crippen molar-refractivity contribution in [1.82, 2.24) is 15.1 Å². The predicted molar refractivity (Wildman–Crippen MR) is 81.8 cm³/mol. The maximum Gasteiger partial charge on any atom is 0.0576 e. The third kappa shape index (κ3) is 4.91. The van der Waals surface area contributed by atoms with Crippen LogP contribution < -0.4 is 5.32 Å². The van der Waals surface area contributed by atoms with E-state index in [9.17, 15) is 0 Å². The van der Waals surface area contributed by atoms with Gasteiger partial charge in [-0.15, -0.1) is 0 Å². The van der Waals surface area contributed by atoms with Crippen molar-refractivity contribution < 1.29 is 4.74 Å². The van der Waals surface area contributed by atoms with Gasteiger partial charge in [0.15, 0.2) is 0 Å². The van der Waals surface area contributed by atoms with Crippen LogP contribution in [-0.4, -0.2) is 35.1 Å². The molecule has 0 amide bonds. The molecule has 0 aliphatic carbocycles. The Bertz CT molecular complexity index is 372. The zero-order valence-electron chi connectivity index (χ0n) is 13.0. The summed E-state index contributed by atoms with van der Waals surface area (Å²) >= 11 is 0. The minimum atomic E-state index is 0.512. The van der Waals surface area contributed by atoms with Gasteiger partial charge in [0.05, 0.1) is 6.10 Å². The van der Waals surface area contributed by atoms with Crippen LogP contribution in [0.25, 0.3) is 0 Å². The molecule has 4 heteroatoms. The van der Waals surface area contributed by atoms with Gasteiger partial charge >= 0.3 is 0 Å². The highest BCUT2D eigenvalue weighted by Crippen LogP contribution is 2.19. The molecule has 0 radical (unpaired) electrons. The predicted octanol–water partition coefficient (Wildman–Crippen LogP) is 2.68. The van der Waals surface area contributed by atoms with E-state index in [-0.39, 0.29) is 0 Å². The molecule has 4 nitrogen and oxygen atoms in total. The molecule has 0 saturated carbocycles. The third-order valence-corrected chi connectivity index (χ3v) is 4.22. The van der Waals surface area contributed by atoms with E-state index < -0.39 is 0 Å². The summed E-state index contributed by atoms with van der Waals surface area (Å²) < 4.78 is 7.72. The average Bonchev–Trinajstić information content (AvgIpc) is 3.10. The molecule has 114 valence electrons. The molecule has 2 unspecified atom stereocenters. The summed E-state index contributed by atoms with van der Waals surface area (Å²) in [6.45, 7) is 4.31. The first-order valence-electron chi connectivity index (χ1n) is 8.11. The Morgan fingerprint density at radius 2 is 2.40 bits per heavy atom. The van der Waals surface area contributed by atoms with Gasteiger partial charge in [-0.1, -0.05) is 6.92 Å². The number of nitrogens with zero attached hydrogens (tertiary/aromatic N) is 2. The molecule has 1 aromatic rings. The van der Waals surface area contributed by atoms with Gasteiger partial charge in [0.25, 0.3) is 0 Å². The zero-order valence-corrected chi connectivity index (χ0v) is 13.0. The van der Waals surface area contributed by atoms with Crippen LogP contribution in [-0.2, 0) is 18.2 Å². The molecule has 2 heterocycles. The van der Waals surface area contributed by atoms with Crippen molar-refractivity contribution in [2.45, 2.75) is 64.0 Å². The molecule has 0 spiro atoms. The molecular formula is C16H29N3O. The second-order valence-electron chi connectivity index (χ2n) is 5.85. The Morgan fingerprint density at radius 1 is 1.50 bits per heavy atom. The molecule has 20 heavy (non-hydrogen) atoms. The van der Waals surface area contributed by atoms with Gasteiger partial charge in [-0.2, -0.15) is 5.10 Å². The molecule has 2 rings (SSSR count). The average molecular weight is 279 g/mol. The standard InChI is InChI=1S/C16H29N3O/c1-3-11-17-14(7-9-16-5-4-13-20-16)6-8-15-10-12-18-19(15)2/h10,12,14,16-17H,3-9,11,13H2,1-2H3. The molecule has 1 fully saturated rings. The van der Waals surface area contributed by atoms with Crippen LogP contribution in [0.4, 0.5) is 0 Å². The quantitative estimate of drug-likeness (QED) is 0.755. The molecule has 0 bridgehead atoms. The number of aromatic nitrogens is 2. The Labute approximate surface area is 122 Å². The Balaban J connectivity index is 1.75. The maximum atomic E-state index is 5.74. The fraction of sp³-hybridized carbons (Fsp3) is 0.812. The Morgan fingerprint density at radius 3 is 3.05 bits per heavy atom. The van der Waals surface area contributed by atoms with Gasteiger partial charge in [0.2, 0.25) is 0 Å². The molecule has 0 aromatic carbocycles. The molecule has 1 aliphatic rings. The van der Waals surface area contributed by atoms with Crippen LogP contribution in [0.5, 0.6) is 0 Å². The summed E-state index contributed by atoms with van der Waals surface area (Å²) in [5, 5.41) is 7.93. The summed E-state index contributed by atoms with van der Waals surface area (Å²) in [6, 6.07) is 2.73. The topological polar surface area (TPSA) is 39.1 Å². The van der Waals surface area contributed by atoms with Crippen molar-refractivity contribution in [3.8, 4) is 0 Å². The number of hydrogen-bond acceptors (Lipinski definition) is 3. The SMILES string of the molecule is CCCNC(CCc1ccnn1C)CCC1CCCO1. The monoisotopic (exact) mass is 279 g/mol. The van der Waals surface area contributed by atoms with Crippen LogP contribution in [0.1, 0.15) is 51.1 Å². The highest BCUT2D eigenvalue weighted by atomic mass is 16.5. The second kappa shape index (κ2) is 8.42. The fourth-order valence-corrected chi connectivity index (χ4v) is 2.92. The van der Waals surface area contributed by atoms with E-state index in [4.69, 9.17) is 4.74 Å². The lowest BCUT2D eigenvalue weighted by molar-refractivity contribution is 0.0992. The first-order chi connectivity index (χ1) is 9.79. The van der Waals surface area contributed by atoms with Crippen molar-refractivity contribution in [1.29, 1.82) is 0 Å². The first-order valence-corrected chi connectivity index (χ1v) is 8.11. The van der Waals surface area contributed by atoms with Crippen LogP contribution in [0.2, 0.25) is 0 Å². The smallest absolute Gasteiger partial charge is 0.0576 e. The highest BCUT2D eigenvalue weighted by Gasteiger charge is 2.18. The lowest BCUT2D eigenvalue weighted by atomic mass is 10.0. The van der Waals surface area contributed by atoms with E-state index in [1.54, 1.807) is 0 Å². The van der Waals surface area contributed by atoms with Crippen molar-refractivity contribution >= 4 is 0 Å². The minimum absolute atomic E-state index is 0.512. The fourth-order valence-electron chi connectivity index (χ4n) is 2.92. The van der Waals surface area contributed by atoms with Gasteiger partial charge in [0, 0.05) is 31.6 Å². The number of nitrogens with one attached hydrogen (secondary N) is 1. The minimum Gasteiger partial charge on any atom is -0.378 e. The third-order valence-electron chi connectivity index (χ3n) is 4.22. The van der Waals surface area contributed by atoms with Crippen LogP contribution in [0, 0.1) is 0 Å². The van der Waals surface area contributed by atoms with Crippen molar-refractivity contribution in [3.05, 3.63) is 18.0 Å². The van der Waals surface area contributed by atoms with E-state index in [0.29, 0.717) is 12.1 Å². The van der Waals surface area contributed by atoms with Crippen molar-refractivity contribution in [2.75, 3.05) is 13.2 Å². The lowest BCUT2D eigenvalue weighted by Gasteiger charge is -2.20. The molecule has 1 N–H and O–H groups in total. The van der Waals surface area contributed by atoms with Gasteiger partial charge < -0.3 is 10.1 Å². The summed E-state index contributed by atoms with van der Waals surface area (Å²) in [6.07, 6.45) is 10.8. The number of hydrogen-bond donors (Lipinski definition) is 1. The molecule has 1 aromatic heterocycles. The van der Waals surface area contributed by atoms with Gasteiger partial charge in [0.1, 0.15) is 0 Å².